The van der Waals surface area contributed by atoms with Gasteiger partial charge in [-0.3, -0.25) is 4.90 Å². The molecule has 0 amide bonds. The van der Waals surface area contributed by atoms with Gasteiger partial charge in [0.1, 0.15) is 11.6 Å². The maximum atomic E-state index is 14.1. The third-order valence-corrected chi connectivity index (χ3v) is 4.91. The maximum Gasteiger partial charge on any atom is 0.131 e. The minimum atomic E-state index is -0.492. The van der Waals surface area contributed by atoms with Gasteiger partial charge in [0.05, 0.1) is 0 Å². The first-order chi connectivity index (χ1) is 8.53. The lowest BCUT2D eigenvalue weighted by molar-refractivity contribution is 0.0489. The smallest absolute Gasteiger partial charge is 0.131 e. The van der Waals surface area contributed by atoms with Crippen LogP contribution in [-0.2, 0) is 5.54 Å². The number of hydrogen-bond acceptors (Lipinski definition) is 1. The second kappa shape index (κ2) is 4.02. The molecule has 2 bridgehead atoms. The molecule has 3 atom stereocenters. The quantitative estimate of drug-likeness (QED) is 0.736. The Hall–Kier alpha value is -0.960. The van der Waals surface area contributed by atoms with E-state index < -0.39 is 11.6 Å². The van der Waals surface area contributed by atoms with Crippen LogP contribution in [0.1, 0.15) is 38.2 Å². The van der Waals surface area contributed by atoms with Gasteiger partial charge in [-0.25, -0.2) is 8.78 Å². The van der Waals surface area contributed by atoms with Crippen LogP contribution in [-0.4, -0.2) is 18.0 Å². The molecule has 0 aliphatic carbocycles. The molecule has 0 radical (unpaired) electrons. The standard InChI is InChI=1S/C15H19F2N/c1-10-7-12-5-6-15(9-10,18(12)2)13-4-3-11(16)8-14(13)17/h3-4,8,10,12H,5-7,9H2,1-2H3. The van der Waals surface area contributed by atoms with Gasteiger partial charge < -0.3 is 0 Å². The van der Waals surface area contributed by atoms with E-state index in [1.165, 1.54) is 12.5 Å². The van der Waals surface area contributed by atoms with Gasteiger partial charge in [-0.1, -0.05) is 13.0 Å². The third kappa shape index (κ3) is 1.60. The Balaban J connectivity index is 2.08. The second-order valence-electron chi connectivity index (χ2n) is 6.00. The first-order valence-electron chi connectivity index (χ1n) is 6.71. The Morgan fingerprint density at radius 2 is 2.11 bits per heavy atom. The largest absolute Gasteiger partial charge is 0.294 e. The summed E-state index contributed by atoms with van der Waals surface area (Å²) < 4.78 is 27.2. The van der Waals surface area contributed by atoms with E-state index in [1.807, 2.05) is 0 Å². The number of benzene rings is 1. The zero-order valence-corrected chi connectivity index (χ0v) is 10.9. The Morgan fingerprint density at radius 1 is 1.33 bits per heavy atom. The van der Waals surface area contributed by atoms with Crippen LogP contribution in [0.3, 0.4) is 0 Å². The van der Waals surface area contributed by atoms with Crippen molar-refractivity contribution in [1.29, 1.82) is 0 Å². The van der Waals surface area contributed by atoms with Crippen molar-refractivity contribution in [1.82, 2.24) is 4.90 Å². The summed E-state index contributed by atoms with van der Waals surface area (Å²) in [6.07, 6.45) is 4.28. The van der Waals surface area contributed by atoms with Crippen molar-refractivity contribution >= 4 is 0 Å². The molecule has 98 valence electrons. The molecule has 3 rings (SSSR count). The van der Waals surface area contributed by atoms with Crippen molar-refractivity contribution in [2.24, 2.45) is 5.92 Å². The van der Waals surface area contributed by atoms with Gasteiger partial charge in [0, 0.05) is 23.2 Å². The van der Waals surface area contributed by atoms with E-state index in [4.69, 9.17) is 0 Å². The highest BCUT2D eigenvalue weighted by atomic mass is 19.1. The fourth-order valence-corrected chi connectivity index (χ4v) is 4.07. The van der Waals surface area contributed by atoms with Crippen LogP contribution >= 0.6 is 0 Å². The number of nitrogens with zero attached hydrogens (tertiary/aromatic N) is 1. The van der Waals surface area contributed by atoms with E-state index in [9.17, 15) is 8.78 Å². The molecule has 0 aromatic heterocycles. The molecule has 18 heavy (non-hydrogen) atoms. The van der Waals surface area contributed by atoms with Crippen LogP contribution in [0.15, 0.2) is 18.2 Å². The molecule has 2 fully saturated rings. The van der Waals surface area contributed by atoms with E-state index in [0.29, 0.717) is 17.5 Å². The Kier molecular flexibility index (Phi) is 2.70. The van der Waals surface area contributed by atoms with E-state index in [2.05, 4.69) is 18.9 Å². The van der Waals surface area contributed by atoms with Gasteiger partial charge in [-0.15, -0.1) is 0 Å². The SMILES string of the molecule is CC1CC2CCC(c3ccc(F)cc3F)(C1)N2C. The van der Waals surface area contributed by atoms with Crippen LogP contribution in [0.2, 0.25) is 0 Å². The highest BCUT2D eigenvalue weighted by molar-refractivity contribution is 5.30. The summed E-state index contributed by atoms with van der Waals surface area (Å²) in [7, 11) is 2.09. The predicted octanol–water partition coefficient (Wildman–Crippen LogP) is 3.68. The molecular formula is C15H19F2N. The third-order valence-electron chi connectivity index (χ3n) is 4.91. The average Bonchev–Trinajstić information content (AvgIpc) is 2.51. The summed E-state index contributed by atoms with van der Waals surface area (Å²) >= 11 is 0. The van der Waals surface area contributed by atoms with Crippen molar-refractivity contribution in [2.45, 2.75) is 44.2 Å². The number of rotatable bonds is 1. The van der Waals surface area contributed by atoms with E-state index in [-0.39, 0.29) is 5.54 Å². The Labute approximate surface area is 107 Å². The molecule has 2 heterocycles. The summed E-state index contributed by atoms with van der Waals surface area (Å²) in [4.78, 5) is 2.32. The van der Waals surface area contributed by atoms with Gasteiger partial charge in [-0.2, -0.15) is 0 Å². The van der Waals surface area contributed by atoms with Crippen LogP contribution in [0.25, 0.3) is 0 Å². The lowest BCUT2D eigenvalue weighted by Crippen LogP contribution is -2.48. The van der Waals surface area contributed by atoms with Crippen molar-refractivity contribution in [3.63, 3.8) is 0 Å². The average molecular weight is 251 g/mol. The minimum Gasteiger partial charge on any atom is -0.294 e. The first-order valence-corrected chi connectivity index (χ1v) is 6.71. The zero-order chi connectivity index (χ0) is 12.9. The van der Waals surface area contributed by atoms with Gasteiger partial charge in [0.2, 0.25) is 0 Å². The summed E-state index contributed by atoms with van der Waals surface area (Å²) in [6, 6.07) is 4.60. The van der Waals surface area contributed by atoms with Crippen LogP contribution in [0.4, 0.5) is 8.78 Å². The molecular weight excluding hydrogens is 232 g/mol. The number of fused-ring (bicyclic) bond motifs is 2. The van der Waals surface area contributed by atoms with E-state index >= 15 is 0 Å². The monoisotopic (exact) mass is 251 g/mol. The fraction of sp³-hybridized carbons (Fsp3) is 0.600. The second-order valence-corrected chi connectivity index (χ2v) is 6.00. The molecule has 2 saturated heterocycles. The topological polar surface area (TPSA) is 3.24 Å². The molecule has 2 aliphatic heterocycles. The Morgan fingerprint density at radius 3 is 2.83 bits per heavy atom. The van der Waals surface area contributed by atoms with Crippen LogP contribution < -0.4 is 0 Å². The highest BCUT2D eigenvalue weighted by Gasteiger charge is 2.50. The number of piperidine rings is 1. The van der Waals surface area contributed by atoms with Gasteiger partial charge in [-0.05, 0) is 44.7 Å². The predicted molar refractivity (Wildman–Crippen MR) is 67.2 cm³/mol. The molecule has 1 aromatic rings. The van der Waals surface area contributed by atoms with Crippen molar-refractivity contribution in [2.75, 3.05) is 7.05 Å². The lowest BCUT2D eigenvalue weighted by Gasteiger charge is -2.45. The fourth-order valence-electron chi connectivity index (χ4n) is 4.07. The van der Waals surface area contributed by atoms with Gasteiger partial charge in [0.25, 0.3) is 0 Å². The number of halogens is 2. The maximum absolute atomic E-state index is 14.1. The van der Waals surface area contributed by atoms with Gasteiger partial charge in [0.15, 0.2) is 0 Å². The normalized spacial score (nSPS) is 36.0. The van der Waals surface area contributed by atoms with Gasteiger partial charge >= 0.3 is 0 Å². The van der Waals surface area contributed by atoms with Crippen molar-refractivity contribution in [3.05, 3.63) is 35.4 Å². The van der Waals surface area contributed by atoms with E-state index in [1.54, 1.807) is 6.07 Å². The van der Waals surface area contributed by atoms with Crippen LogP contribution in [0, 0.1) is 17.6 Å². The first kappa shape index (κ1) is 12.1. The molecule has 2 aliphatic rings. The van der Waals surface area contributed by atoms with Crippen molar-refractivity contribution < 1.29 is 8.78 Å². The molecule has 0 N–H and O–H groups in total. The Bertz CT molecular complexity index is 474. The molecule has 1 aromatic carbocycles. The molecule has 3 heteroatoms. The zero-order valence-electron chi connectivity index (χ0n) is 10.9. The summed E-state index contributed by atoms with van der Waals surface area (Å²) in [5.74, 6) is -0.275. The molecule has 0 spiro atoms. The summed E-state index contributed by atoms with van der Waals surface area (Å²) in [5, 5.41) is 0. The van der Waals surface area contributed by atoms with Crippen molar-refractivity contribution in [3.8, 4) is 0 Å². The highest BCUT2D eigenvalue weighted by Crippen LogP contribution is 2.51. The molecule has 0 saturated carbocycles. The molecule has 1 nitrogen and oxygen atoms in total. The van der Waals surface area contributed by atoms with Crippen LogP contribution in [0.5, 0.6) is 0 Å². The summed E-state index contributed by atoms with van der Waals surface area (Å²) in [5.41, 5.74) is 0.473. The minimum absolute atomic E-state index is 0.208. The molecule has 3 unspecified atom stereocenters. The summed E-state index contributed by atoms with van der Waals surface area (Å²) in [6.45, 7) is 2.24. The lowest BCUT2D eigenvalue weighted by atomic mass is 9.77. The van der Waals surface area contributed by atoms with E-state index in [0.717, 1.165) is 25.3 Å². The number of hydrogen-bond donors (Lipinski definition) is 0.